The molecule has 0 saturated heterocycles. The lowest BCUT2D eigenvalue weighted by Crippen LogP contribution is -1.78. The van der Waals surface area contributed by atoms with Gasteiger partial charge in [0, 0.05) is 34.7 Å². The van der Waals surface area contributed by atoms with Gasteiger partial charge in [-0.15, -0.1) is 0 Å². The van der Waals surface area contributed by atoms with Crippen molar-refractivity contribution in [2.24, 2.45) is 0 Å². The zero-order valence-electron chi connectivity index (χ0n) is 10.4. The van der Waals surface area contributed by atoms with E-state index in [9.17, 15) is 0 Å². The second kappa shape index (κ2) is 3.33. The van der Waals surface area contributed by atoms with Gasteiger partial charge in [-0.25, -0.2) is 4.98 Å². The van der Waals surface area contributed by atoms with Gasteiger partial charge in [0.05, 0.1) is 16.6 Å². The van der Waals surface area contributed by atoms with Gasteiger partial charge in [0.15, 0.2) is 0 Å². The van der Waals surface area contributed by atoms with Crippen molar-refractivity contribution >= 4 is 44.0 Å². The van der Waals surface area contributed by atoms with Crippen LogP contribution in [0.5, 0.6) is 0 Å². The van der Waals surface area contributed by atoms with Crippen molar-refractivity contribution in [2.75, 3.05) is 0 Å². The number of hydrogen-bond donors (Lipinski definition) is 2. The van der Waals surface area contributed by atoms with Crippen molar-refractivity contribution in [2.45, 2.75) is 0 Å². The Hall–Kier alpha value is -2.95. The van der Waals surface area contributed by atoms with Crippen LogP contribution in [0.25, 0.3) is 44.0 Å². The molecule has 5 heterocycles. The largest absolute Gasteiger partial charge is 0.339 e. The molecule has 0 radical (unpaired) electrons. The summed E-state index contributed by atoms with van der Waals surface area (Å²) in [4.78, 5) is 19.9. The maximum Gasteiger partial charge on any atom is 0.142 e. The molecule has 0 amide bonds. The molecule has 0 aliphatic carbocycles. The minimum Gasteiger partial charge on any atom is -0.339 e. The number of aromatic amines is 2. The number of H-pyrrole nitrogens is 2. The maximum absolute atomic E-state index is 4.67. The lowest BCUT2D eigenvalue weighted by atomic mass is 10.2. The van der Waals surface area contributed by atoms with E-state index >= 15 is 0 Å². The van der Waals surface area contributed by atoms with E-state index in [4.69, 9.17) is 0 Å². The van der Waals surface area contributed by atoms with Crippen LogP contribution in [-0.2, 0) is 0 Å². The molecule has 2 N–H and O–H groups in total. The molecule has 0 bridgehead atoms. The number of rotatable bonds is 0. The fraction of sp³-hybridized carbons (Fsp3) is 0. The third-order valence-corrected chi connectivity index (χ3v) is 3.70. The van der Waals surface area contributed by atoms with Gasteiger partial charge in [0.25, 0.3) is 0 Å². The summed E-state index contributed by atoms with van der Waals surface area (Å²) in [5.41, 5.74) is 4.73. The molecule has 5 heteroatoms. The Labute approximate surface area is 112 Å². The standard InChI is InChI=1S/C15H9N5/c1-2-12-13(17-4-1)9-6-8-10-7-16-5-3-11(10)18-14(8)20-15(9)19-12/h1-7H,(H2,18,19,20). The van der Waals surface area contributed by atoms with Crippen LogP contribution in [0, 0.1) is 0 Å². The molecule has 0 aliphatic rings. The summed E-state index contributed by atoms with van der Waals surface area (Å²) >= 11 is 0. The van der Waals surface area contributed by atoms with E-state index < -0.39 is 0 Å². The predicted molar refractivity (Wildman–Crippen MR) is 78.6 cm³/mol. The molecule has 0 saturated carbocycles. The highest BCUT2D eigenvalue weighted by Crippen LogP contribution is 2.29. The van der Waals surface area contributed by atoms with Crippen molar-refractivity contribution in [1.82, 2.24) is 24.9 Å². The highest BCUT2D eigenvalue weighted by molar-refractivity contribution is 6.13. The normalized spacial score (nSPS) is 12.0. The molecule has 5 nitrogen and oxygen atoms in total. The molecule has 5 rings (SSSR count). The van der Waals surface area contributed by atoms with Gasteiger partial charge in [-0.2, -0.15) is 0 Å². The summed E-state index contributed by atoms with van der Waals surface area (Å²) in [6, 6.07) is 8.02. The SMILES string of the molecule is c1cnc2c(c1)[nH]c1nc3[nH]c4ccncc4c3cc12. The lowest BCUT2D eigenvalue weighted by Gasteiger charge is -1.92. The van der Waals surface area contributed by atoms with E-state index in [0.717, 1.165) is 44.0 Å². The molecule has 0 unspecified atom stereocenters. The van der Waals surface area contributed by atoms with Crippen molar-refractivity contribution in [3.8, 4) is 0 Å². The van der Waals surface area contributed by atoms with Crippen LogP contribution in [0.4, 0.5) is 0 Å². The third-order valence-electron chi connectivity index (χ3n) is 3.70. The summed E-state index contributed by atoms with van der Waals surface area (Å²) in [6.45, 7) is 0. The highest BCUT2D eigenvalue weighted by Gasteiger charge is 2.11. The molecule has 94 valence electrons. The van der Waals surface area contributed by atoms with Gasteiger partial charge < -0.3 is 9.97 Å². The number of pyridine rings is 3. The number of nitrogens with one attached hydrogen (secondary N) is 2. The Morgan fingerprint density at radius 3 is 2.75 bits per heavy atom. The minimum absolute atomic E-state index is 0.853. The van der Waals surface area contributed by atoms with Gasteiger partial charge >= 0.3 is 0 Å². The van der Waals surface area contributed by atoms with E-state index in [2.05, 4.69) is 31.0 Å². The van der Waals surface area contributed by atoms with Gasteiger partial charge in [0.1, 0.15) is 11.3 Å². The van der Waals surface area contributed by atoms with Crippen molar-refractivity contribution < 1.29 is 0 Å². The van der Waals surface area contributed by atoms with E-state index in [1.54, 1.807) is 12.4 Å². The molecule has 5 aromatic heterocycles. The monoisotopic (exact) mass is 259 g/mol. The third kappa shape index (κ3) is 1.14. The molecule has 0 atom stereocenters. The molecule has 0 fully saturated rings. The Morgan fingerprint density at radius 1 is 0.850 bits per heavy atom. The molecule has 0 spiro atoms. The number of aromatic nitrogens is 5. The van der Waals surface area contributed by atoms with E-state index in [1.165, 1.54) is 0 Å². The maximum atomic E-state index is 4.67. The summed E-state index contributed by atoms with van der Waals surface area (Å²) in [6.07, 6.45) is 5.45. The molecule has 0 aromatic carbocycles. The summed E-state index contributed by atoms with van der Waals surface area (Å²) in [5, 5.41) is 3.20. The van der Waals surface area contributed by atoms with Crippen LogP contribution >= 0.6 is 0 Å². The zero-order chi connectivity index (χ0) is 13.1. The average Bonchev–Trinajstić information content (AvgIpc) is 3.02. The van der Waals surface area contributed by atoms with Gasteiger partial charge in [-0.3, -0.25) is 9.97 Å². The summed E-state index contributed by atoms with van der Waals surface area (Å²) < 4.78 is 0. The topological polar surface area (TPSA) is 70.2 Å². The summed E-state index contributed by atoms with van der Waals surface area (Å²) in [7, 11) is 0. The fourth-order valence-corrected chi connectivity index (χ4v) is 2.78. The first kappa shape index (κ1) is 9.91. The van der Waals surface area contributed by atoms with Crippen molar-refractivity contribution in [3.05, 3.63) is 42.9 Å². The Morgan fingerprint density at radius 2 is 1.75 bits per heavy atom. The Balaban J connectivity index is 2.06. The molecule has 20 heavy (non-hydrogen) atoms. The van der Waals surface area contributed by atoms with Gasteiger partial charge in [-0.05, 0) is 24.3 Å². The van der Waals surface area contributed by atoms with Gasteiger partial charge in [0.2, 0.25) is 0 Å². The first-order chi connectivity index (χ1) is 9.90. The van der Waals surface area contributed by atoms with Crippen molar-refractivity contribution in [1.29, 1.82) is 0 Å². The molecular weight excluding hydrogens is 250 g/mol. The van der Waals surface area contributed by atoms with Crippen LogP contribution in [0.15, 0.2) is 42.9 Å². The van der Waals surface area contributed by atoms with Crippen LogP contribution in [-0.4, -0.2) is 24.9 Å². The number of nitrogens with zero attached hydrogens (tertiary/aromatic N) is 3. The molecule has 5 aromatic rings. The number of hydrogen-bond acceptors (Lipinski definition) is 3. The summed E-state index contributed by atoms with van der Waals surface area (Å²) in [5.74, 6) is 0. The smallest absolute Gasteiger partial charge is 0.142 e. The van der Waals surface area contributed by atoms with Crippen LogP contribution in [0.1, 0.15) is 0 Å². The van der Waals surface area contributed by atoms with E-state index in [-0.39, 0.29) is 0 Å². The second-order valence-corrected chi connectivity index (χ2v) is 4.85. The highest BCUT2D eigenvalue weighted by atomic mass is 14.9. The fourth-order valence-electron chi connectivity index (χ4n) is 2.78. The quantitative estimate of drug-likeness (QED) is 0.449. The minimum atomic E-state index is 0.853. The number of fused-ring (bicyclic) bond motifs is 6. The molecular formula is C15H9N5. The lowest BCUT2D eigenvalue weighted by molar-refractivity contribution is 1.34. The van der Waals surface area contributed by atoms with Crippen molar-refractivity contribution in [3.63, 3.8) is 0 Å². The molecule has 0 aliphatic heterocycles. The Kier molecular flexibility index (Phi) is 1.65. The average molecular weight is 259 g/mol. The van der Waals surface area contributed by atoms with Gasteiger partial charge in [-0.1, -0.05) is 0 Å². The van der Waals surface area contributed by atoms with E-state index in [0.29, 0.717) is 0 Å². The van der Waals surface area contributed by atoms with Crippen LogP contribution < -0.4 is 0 Å². The predicted octanol–water partition coefficient (Wildman–Crippen LogP) is 3.14. The zero-order valence-corrected chi connectivity index (χ0v) is 10.4. The first-order valence-electron chi connectivity index (χ1n) is 6.39. The first-order valence-corrected chi connectivity index (χ1v) is 6.39. The van der Waals surface area contributed by atoms with Crippen LogP contribution in [0.3, 0.4) is 0 Å². The van der Waals surface area contributed by atoms with Crippen LogP contribution in [0.2, 0.25) is 0 Å². The second-order valence-electron chi connectivity index (χ2n) is 4.85. The van der Waals surface area contributed by atoms with E-state index in [1.807, 2.05) is 24.4 Å². The Bertz CT molecular complexity index is 1020.